The van der Waals surface area contributed by atoms with Crippen LogP contribution < -0.4 is 4.90 Å². The molecule has 1 aliphatic heterocycles. The van der Waals surface area contributed by atoms with E-state index < -0.39 is 10.0 Å². The molecule has 1 saturated heterocycles. The summed E-state index contributed by atoms with van der Waals surface area (Å²) in [5.41, 5.74) is 0. The zero-order valence-electron chi connectivity index (χ0n) is 7.41. The van der Waals surface area contributed by atoms with E-state index in [1.807, 2.05) is 0 Å². The van der Waals surface area contributed by atoms with Gasteiger partial charge >= 0.3 is 0 Å². The number of nitrogens with zero attached hydrogens (tertiary/aromatic N) is 1. The van der Waals surface area contributed by atoms with Gasteiger partial charge in [0.1, 0.15) is 0 Å². The van der Waals surface area contributed by atoms with Crippen LogP contribution in [0.25, 0.3) is 0 Å². The lowest BCUT2D eigenvalue weighted by atomic mass is 10.4. The largest absolute Gasteiger partial charge is 0.467 e. The Morgan fingerprint density at radius 1 is 1.33 bits per heavy atom. The van der Waals surface area contributed by atoms with Gasteiger partial charge in [-0.15, -0.1) is 0 Å². The summed E-state index contributed by atoms with van der Waals surface area (Å²) in [7, 11) is 0.889. The first-order chi connectivity index (χ1) is 5.50. The Bertz CT molecular complexity index is 238. The zero-order valence-corrected chi connectivity index (χ0v) is 8.23. The van der Waals surface area contributed by atoms with Gasteiger partial charge in [0.25, 0.3) is 0 Å². The minimum absolute atomic E-state index is 0.609. The highest BCUT2D eigenvalue weighted by atomic mass is 32.2. The summed E-state index contributed by atoms with van der Waals surface area (Å²) in [5, 5.41) is 0. The third-order valence-corrected chi connectivity index (χ3v) is 3.42. The minimum atomic E-state index is -2.98. The summed E-state index contributed by atoms with van der Waals surface area (Å²) in [6.45, 7) is 3.04. The number of quaternary nitrogens is 1. The highest BCUT2D eigenvalue weighted by Crippen LogP contribution is 1.99. The lowest BCUT2D eigenvalue weighted by Gasteiger charge is -2.18. The monoisotopic (exact) mass is 192 g/mol. The second kappa shape index (κ2) is 3.72. The first kappa shape index (κ1) is 9.95. The Hall–Kier alpha value is -0.130. The Kier molecular flexibility index (Phi) is 3.09. The number of nitrogens with one attached hydrogen (secondary N) is 1. The first-order valence-corrected chi connectivity index (χ1v) is 5.97. The Balaban J connectivity index is 2.58. The third kappa shape index (κ3) is 2.73. The van der Waals surface area contributed by atoms with E-state index in [2.05, 4.69) is 7.05 Å². The van der Waals surface area contributed by atoms with Gasteiger partial charge < -0.3 is 4.90 Å². The molecule has 1 heterocycles. The molecule has 1 atom stereocenters. The van der Waals surface area contributed by atoms with E-state index in [1.54, 1.807) is 0 Å². The van der Waals surface area contributed by atoms with Gasteiger partial charge in [0.2, 0.25) is 10.0 Å². The molecule has 72 valence electrons. The Morgan fingerprint density at radius 2 is 2.00 bits per heavy atom. The molecule has 0 aliphatic carbocycles. The highest BCUT2D eigenvalue weighted by molar-refractivity contribution is 7.88. The lowest BCUT2D eigenvalue weighted by molar-refractivity contribution is -0.851. The molecule has 4 nitrogen and oxygen atoms in total. The highest BCUT2D eigenvalue weighted by Gasteiger charge is 2.19. The van der Waals surface area contributed by atoms with Crippen LogP contribution in [0.5, 0.6) is 0 Å². The molecule has 1 unspecified atom stereocenters. The summed E-state index contributed by atoms with van der Waals surface area (Å²) >= 11 is 0. The van der Waals surface area contributed by atoms with Crippen molar-refractivity contribution < 1.29 is 13.3 Å². The molecule has 0 aromatic carbocycles. The summed E-state index contributed by atoms with van der Waals surface area (Å²) in [6.07, 6.45) is 2.17. The van der Waals surface area contributed by atoms with Crippen molar-refractivity contribution in [1.29, 1.82) is 0 Å². The van der Waals surface area contributed by atoms with E-state index in [0.29, 0.717) is 13.1 Å². The van der Waals surface area contributed by atoms with E-state index in [9.17, 15) is 8.42 Å². The van der Waals surface area contributed by atoms with Crippen LogP contribution in [0.4, 0.5) is 0 Å². The van der Waals surface area contributed by atoms with Gasteiger partial charge in [0.05, 0.1) is 25.9 Å². The van der Waals surface area contributed by atoms with Crippen molar-refractivity contribution >= 4 is 10.0 Å². The summed E-state index contributed by atoms with van der Waals surface area (Å²) in [6, 6.07) is 0. The smallest absolute Gasteiger partial charge is 0.211 e. The second-order valence-electron chi connectivity index (χ2n) is 3.27. The predicted octanol–water partition coefficient (Wildman–Crippen LogP) is -1.67. The predicted molar refractivity (Wildman–Crippen MR) is 47.1 cm³/mol. The molecule has 12 heavy (non-hydrogen) atoms. The molecular formula is C7H16N2O2S. The maximum atomic E-state index is 11.1. The van der Waals surface area contributed by atoms with Gasteiger partial charge in [-0.25, -0.2) is 8.42 Å². The third-order valence-electron chi connectivity index (χ3n) is 2.12. The molecule has 1 N–H and O–H groups in total. The molecule has 0 radical (unpaired) electrons. The van der Waals surface area contributed by atoms with Crippen LogP contribution in [0.1, 0.15) is 6.42 Å². The van der Waals surface area contributed by atoms with Crippen molar-refractivity contribution in [3.63, 3.8) is 0 Å². The molecule has 1 rings (SSSR count). The average molecular weight is 192 g/mol. The molecule has 0 aromatic heterocycles. The van der Waals surface area contributed by atoms with Crippen molar-refractivity contribution in [2.24, 2.45) is 0 Å². The molecule has 0 amide bonds. The number of hydrogen-bond acceptors (Lipinski definition) is 2. The van der Waals surface area contributed by atoms with Crippen LogP contribution in [0.3, 0.4) is 0 Å². The van der Waals surface area contributed by atoms with E-state index in [-0.39, 0.29) is 0 Å². The summed E-state index contributed by atoms with van der Waals surface area (Å²) in [5.74, 6) is 0. The zero-order chi connectivity index (χ0) is 9.19. The normalized spacial score (nSPS) is 28.3. The van der Waals surface area contributed by atoms with Crippen molar-refractivity contribution in [2.45, 2.75) is 6.42 Å². The minimum Gasteiger partial charge on any atom is -0.467 e. The Labute approximate surface area is 74.2 Å². The van der Waals surface area contributed by atoms with E-state index >= 15 is 0 Å². The molecule has 0 bridgehead atoms. The summed E-state index contributed by atoms with van der Waals surface area (Å²) < 4.78 is 23.8. The van der Waals surface area contributed by atoms with Crippen LogP contribution in [0, 0.1) is 7.05 Å². The Morgan fingerprint density at radius 3 is 2.58 bits per heavy atom. The number of rotatable bonds is 1. The standard InChI is InChI=1S/C7H16N2O2S/c1-8-4-3-5-9(7-6-8)12(2,10)11/h8H,1,3-7H2,2H3. The number of hydrogen-bond donors (Lipinski definition) is 1. The molecule has 0 spiro atoms. The van der Waals surface area contributed by atoms with Crippen LogP contribution >= 0.6 is 0 Å². The molecule has 0 aromatic rings. The maximum absolute atomic E-state index is 11.1. The fourth-order valence-electron chi connectivity index (χ4n) is 1.36. The van der Waals surface area contributed by atoms with E-state index in [4.69, 9.17) is 0 Å². The lowest BCUT2D eigenvalue weighted by Crippen LogP contribution is -3.07. The molecule has 1 aliphatic rings. The first-order valence-electron chi connectivity index (χ1n) is 4.12. The number of sulfonamides is 1. The quantitative estimate of drug-likeness (QED) is 0.505. The van der Waals surface area contributed by atoms with E-state index in [1.165, 1.54) is 15.5 Å². The average Bonchev–Trinajstić information content (AvgIpc) is 2.11. The van der Waals surface area contributed by atoms with Crippen molar-refractivity contribution in [3.8, 4) is 0 Å². The fourth-order valence-corrected chi connectivity index (χ4v) is 2.24. The summed E-state index contributed by atoms with van der Waals surface area (Å²) in [4.78, 5) is 1.17. The van der Waals surface area contributed by atoms with Crippen molar-refractivity contribution in [1.82, 2.24) is 4.31 Å². The maximum Gasteiger partial charge on any atom is 0.211 e. The molecule has 5 heteroatoms. The molecular weight excluding hydrogens is 176 g/mol. The molecule has 1 fully saturated rings. The van der Waals surface area contributed by atoms with Crippen LogP contribution in [0.2, 0.25) is 0 Å². The fraction of sp³-hybridized carbons (Fsp3) is 0.857. The van der Waals surface area contributed by atoms with Crippen molar-refractivity contribution in [2.75, 3.05) is 32.4 Å². The van der Waals surface area contributed by atoms with Crippen LogP contribution in [0.15, 0.2) is 0 Å². The molecule has 0 saturated carbocycles. The van der Waals surface area contributed by atoms with Gasteiger partial charge in [-0.2, -0.15) is 11.4 Å². The van der Waals surface area contributed by atoms with Gasteiger partial charge in [-0.3, -0.25) is 0 Å². The van der Waals surface area contributed by atoms with Gasteiger partial charge in [-0.05, 0) is 0 Å². The van der Waals surface area contributed by atoms with Gasteiger partial charge in [0.15, 0.2) is 0 Å². The van der Waals surface area contributed by atoms with E-state index in [0.717, 1.165) is 19.5 Å². The van der Waals surface area contributed by atoms with Crippen molar-refractivity contribution in [3.05, 3.63) is 7.05 Å². The van der Waals surface area contributed by atoms with Gasteiger partial charge in [0, 0.05) is 13.0 Å². The second-order valence-corrected chi connectivity index (χ2v) is 5.25. The van der Waals surface area contributed by atoms with Crippen LogP contribution in [-0.4, -0.2) is 45.2 Å². The SMILES string of the molecule is [CH2-][NH+]1CCCN(S(C)(=O)=O)CC1. The topological polar surface area (TPSA) is 41.8 Å². The van der Waals surface area contributed by atoms with Crippen LogP contribution in [-0.2, 0) is 10.0 Å². The van der Waals surface area contributed by atoms with Gasteiger partial charge in [-0.1, -0.05) is 0 Å².